The number of hydrogen-bond donors (Lipinski definition) is 0. The number of nitrogens with zero attached hydrogens (tertiary/aromatic N) is 6. The molecule has 1 amide bonds. The minimum Gasteiger partial charge on any atom is -0.274 e. The maximum absolute atomic E-state index is 12.4. The van der Waals surface area contributed by atoms with Crippen LogP contribution >= 0.6 is 23.1 Å². The lowest BCUT2D eigenvalue weighted by Gasteiger charge is -2.18. The summed E-state index contributed by atoms with van der Waals surface area (Å²) >= 11 is 2.97. The molecular weight excluding hydrogens is 452 g/mol. The Bertz CT molecular complexity index is 1220. The fourth-order valence-corrected chi connectivity index (χ4v) is 5.19. The first-order valence-electron chi connectivity index (χ1n) is 10.9. The van der Waals surface area contributed by atoms with E-state index in [9.17, 15) is 4.79 Å². The summed E-state index contributed by atoms with van der Waals surface area (Å²) in [7, 11) is 0. The normalized spacial score (nSPS) is 11.0. The van der Waals surface area contributed by atoms with E-state index >= 15 is 0 Å². The van der Waals surface area contributed by atoms with Crippen molar-refractivity contribution in [2.45, 2.75) is 50.9 Å². The van der Waals surface area contributed by atoms with Crippen LogP contribution in [0.3, 0.4) is 0 Å². The number of benzene rings is 2. The number of aromatic nitrogens is 5. The standard InChI is InChI=1S/C24H26N6OS2/c1-4-5-8-19-10-12-21(13-11-19)30-24(26-27-28-30)33-16-20-15-32-23(25-20)29(18(3)31)22-9-6-7-17(2)14-22/h6-7,9-15H,4-5,8,16H2,1-3H3. The van der Waals surface area contributed by atoms with Crippen molar-refractivity contribution in [1.29, 1.82) is 0 Å². The molecule has 170 valence electrons. The number of carbonyl (C=O) groups is 1. The van der Waals surface area contributed by atoms with Crippen molar-refractivity contribution in [2.75, 3.05) is 4.90 Å². The minimum absolute atomic E-state index is 0.0690. The first-order chi connectivity index (χ1) is 16.0. The number of hydrogen-bond acceptors (Lipinski definition) is 7. The Morgan fingerprint density at radius 1 is 1.18 bits per heavy atom. The van der Waals surface area contributed by atoms with Crippen LogP contribution in [-0.2, 0) is 17.0 Å². The molecule has 2 aromatic carbocycles. The zero-order chi connectivity index (χ0) is 23.2. The molecule has 7 nitrogen and oxygen atoms in total. The lowest BCUT2D eigenvalue weighted by atomic mass is 10.1. The van der Waals surface area contributed by atoms with Gasteiger partial charge in [-0.2, -0.15) is 4.68 Å². The van der Waals surface area contributed by atoms with E-state index in [1.807, 2.05) is 36.6 Å². The summed E-state index contributed by atoms with van der Waals surface area (Å²) in [5, 5.41) is 15.5. The third-order valence-corrected chi connectivity index (χ3v) is 6.92. The van der Waals surface area contributed by atoms with Crippen LogP contribution in [0.2, 0.25) is 0 Å². The van der Waals surface area contributed by atoms with E-state index in [-0.39, 0.29) is 5.91 Å². The lowest BCUT2D eigenvalue weighted by Crippen LogP contribution is -2.22. The number of anilines is 2. The second-order valence-corrected chi connectivity index (χ2v) is 9.53. The van der Waals surface area contributed by atoms with Crippen LogP contribution < -0.4 is 4.90 Å². The number of unbranched alkanes of at least 4 members (excludes halogenated alkanes) is 1. The van der Waals surface area contributed by atoms with Crippen molar-refractivity contribution in [2.24, 2.45) is 0 Å². The van der Waals surface area contributed by atoms with Gasteiger partial charge < -0.3 is 0 Å². The molecule has 33 heavy (non-hydrogen) atoms. The molecule has 0 saturated heterocycles. The van der Waals surface area contributed by atoms with Gasteiger partial charge >= 0.3 is 0 Å². The summed E-state index contributed by atoms with van der Waals surface area (Å²) in [6.45, 7) is 5.76. The van der Waals surface area contributed by atoms with Crippen LogP contribution in [0, 0.1) is 6.92 Å². The van der Waals surface area contributed by atoms with Crippen LogP contribution in [0.4, 0.5) is 10.8 Å². The molecule has 0 unspecified atom stereocenters. The Labute approximate surface area is 201 Å². The molecule has 0 atom stereocenters. The van der Waals surface area contributed by atoms with Crippen molar-refractivity contribution < 1.29 is 4.79 Å². The Morgan fingerprint density at radius 2 is 2.00 bits per heavy atom. The van der Waals surface area contributed by atoms with Gasteiger partial charge in [0.15, 0.2) is 5.13 Å². The molecule has 0 saturated carbocycles. The van der Waals surface area contributed by atoms with Crippen LogP contribution in [0.25, 0.3) is 5.69 Å². The summed E-state index contributed by atoms with van der Waals surface area (Å²) in [6, 6.07) is 16.2. The summed E-state index contributed by atoms with van der Waals surface area (Å²) in [4.78, 5) is 18.7. The van der Waals surface area contributed by atoms with Crippen molar-refractivity contribution in [3.63, 3.8) is 0 Å². The second-order valence-electron chi connectivity index (χ2n) is 7.75. The molecule has 9 heteroatoms. The summed E-state index contributed by atoms with van der Waals surface area (Å²) in [6.07, 6.45) is 3.45. The molecule has 4 aromatic rings. The van der Waals surface area contributed by atoms with E-state index in [4.69, 9.17) is 4.98 Å². The molecular formula is C24H26N6OS2. The maximum atomic E-state index is 12.4. The van der Waals surface area contributed by atoms with Crippen LogP contribution in [-0.4, -0.2) is 31.1 Å². The zero-order valence-corrected chi connectivity index (χ0v) is 20.6. The third kappa shape index (κ3) is 5.66. The Kier molecular flexibility index (Phi) is 7.51. The predicted octanol–water partition coefficient (Wildman–Crippen LogP) is 5.75. The zero-order valence-electron chi connectivity index (χ0n) is 18.9. The molecule has 0 aliphatic rings. The van der Waals surface area contributed by atoms with Gasteiger partial charge in [0.1, 0.15) is 0 Å². The van der Waals surface area contributed by atoms with E-state index in [2.05, 4.69) is 46.7 Å². The van der Waals surface area contributed by atoms with Crippen LogP contribution in [0.5, 0.6) is 0 Å². The number of tetrazole rings is 1. The van der Waals surface area contributed by atoms with E-state index in [1.165, 1.54) is 41.5 Å². The molecule has 2 heterocycles. The largest absolute Gasteiger partial charge is 0.274 e. The molecule has 2 aromatic heterocycles. The van der Waals surface area contributed by atoms with Gasteiger partial charge in [0.25, 0.3) is 0 Å². The minimum atomic E-state index is -0.0690. The van der Waals surface area contributed by atoms with Gasteiger partial charge in [-0.15, -0.1) is 16.4 Å². The molecule has 0 spiro atoms. The highest BCUT2D eigenvalue weighted by Gasteiger charge is 2.18. The van der Waals surface area contributed by atoms with Gasteiger partial charge in [0.05, 0.1) is 17.1 Å². The fraction of sp³-hybridized carbons (Fsp3) is 0.292. The highest BCUT2D eigenvalue weighted by Crippen LogP contribution is 2.31. The van der Waals surface area contributed by atoms with E-state index < -0.39 is 0 Å². The highest BCUT2D eigenvalue weighted by atomic mass is 32.2. The first kappa shape index (κ1) is 23.1. The number of carbonyl (C=O) groups excluding carboxylic acids is 1. The monoisotopic (exact) mass is 478 g/mol. The topological polar surface area (TPSA) is 76.8 Å². The van der Waals surface area contributed by atoms with Crippen LogP contribution in [0.15, 0.2) is 59.1 Å². The van der Waals surface area contributed by atoms with Gasteiger partial charge in [-0.3, -0.25) is 9.69 Å². The van der Waals surface area contributed by atoms with Crippen molar-refractivity contribution in [3.05, 3.63) is 70.7 Å². The number of rotatable bonds is 9. The molecule has 0 aliphatic carbocycles. The lowest BCUT2D eigenvalue weighted by molar-refractivity contribution is -0.115. The van der Waals surface area contributed by atoms with E-state index in [0.29, 0.717) is 16.0 Å². The van der Waals surface area contributed by atoms with Gasteiger partial charge in [-0.05, 0) is 65.6 Å². The van der Waals surface area contributed by atoms with E-state index in [0.717, 1.165) is 29.1 Å². The Hall–Kier alpha value is -3.04. The summed E-state index contributed by atoms with van der Waals surface area (Å²) in [5.41, 5.74) is 5.05. The average Bonchev–Trinajstić information content (AvgIpc) is 3.46. The molecule has 4 rings (SSSR count). The average molecular weight is 479 g/mol. The first-order valence-corrected chi connectivity index (χ1v) is 12.7. The van der Waals surface area contributed by atoms with Gasteiger partial charge in [0, 0.05) is 18.1 Å². The Balaban J connectivity index is 1.46. The number of thiazole rings is 1. The van der Waals surface area contributed by atoms with E-state index in [1.54, 1.807) is 16.5 Å². The van der Waals surface area contributed by atoms with Crippen molar-refractivity contribution in [1.82, 2.24) is 25.2 Å². The molecule has 0 bridgehead atoms. The molecule has 0 aliphatic heterocycles. The quantitative estimate of drug-likeness (QED) is 0.285. The second kappa shape index (κ2) is 10.7. The maximum Gasteiger partial charge on any atom is 0.230 e. The molecule has 0 fully saturated rings. The Morgan fingerprint density at radius 3 is 2.73 bits per heavy atom. The molecule has 0 N–H and O–H groups in total. The molecule has 0 radical (unpaired) electrons. The van der Waals surface area contributed by atoms with Crippen molar-refractivity contribution in [3.8, 4) is 5.69 Å². The van der Waals surface area contributed by atoms with Gasteiger partial charge in [-0.1, -0.05) is 49.4 Å². The SMILES string of the molecule is CCCCc1ccc(-n2nnnc2SCc2csc(N(C(C)=O)c3cccc(C)c3)n2)cc1. The predicted molar refractivity (Wildman–Crippen MR) is 133 cm³/mol. The summed E-state index contributed by atoms with van der Waals surface area (Å²) in [5.74, 6) is 0.533. The highest BCUT2D eigenvalue weighted by molar-refractivity contribution is 7.98. The number of aryl methyl sites for hydroxylation is 2. The number of amides is 1. The number of thioether (sulfide) groups is 1. The third-order valence-electron chi connectivity index (χ3n) is 5.10. The fourth-order valence-electron chi connectivity index (χ4n) is 3.41. The van der Waals surface area contributed by atoms with Gasteiger partial charge in [0.2, 0.25) is 11.1 Å². The van der Waals surface area contributed by atoms with Crippen LogP contribution in [0.1, 0.15) is 43.5 Å². The van der Waals surface area contributed by atoms with Gasteiger partial charge in [-0.25, -0.2) is 4.98 Å². The smallest absolute Gasteiger partial charge is 0.230 e. The summed E-state index contributed by atoms with van der Waals surface area (Å²) < 4.78 is 1.75. The van der Waals surface area contributed by atoms with Crippen molar-refractivity contribution >= 4 is 39.8 Å².